The molecule has 84 valence electrons. The second-order valence-electron chi connectivity index (χ2n) is 3.14. The van der Waals surface area contributed by atoms with Gasteiger partial charge in [-0.2, -0.15) is 13.2 Å². The van der Waals surface area contributed by atoms with Crippen LogP contribution in [0.1, 0.15) is 11.3 Å². The van der Waals surface area contributed by atoms with Gasteiger partial charge in [-0.1, -0.05) is 6.07 Å². The summed E-state index contributed by atoms with van der Waals surface area (Å²) in [7, 11) is 0. The van der Waals surface area contributed by atoms with Crippen molar-refractivity contribution in [2.75, 3.05) is 0 Å². The van der Waals surface area contributed by atoms with Crippen LogP contribution >= 0.6 is 11.3 Å². The molecule has 0 amide bonds. The largest absolute Gasteiger partial charge is 0.481 e. The average Bonchev–Trinajstić information content (AvgIpc) is 2.52. The van der Waals surface area contributed by atoms with E-state index in [0.29, 0.717) is 4.88 Å². The van der Waals surface area contributed by atoms with E-state index >= 15 is 0 Å². The van der Waals surface area contributed by atoms with Gasteiger partial charge in [0.15, 0.2) is 0 Å². The highest BCUT2D eigenvalue weighted by molar-refractivity contribution is 7.09. The van der Waals surface area contributed by atoms with Gasteiger partial charge in [0.2, 0.25) is 0 Å². The molecule has 1 atom stereocenters. The zero-order valence-electron chi connectivity index (χ0n) is 7.62. The summed E-state index contributed by atoms with van der Waals surface area (Å²) in [6.07, 6.45) is -5.77. The molecular formula is C9H9F3O2S. The van der Waals surface area contributed by atoms with E-state index < -0.39 is 24.5 Å². The molecule has 2 nitrogen and oxygen atoms in total. The van der Waals surface area contributed by atoms with Crippen molar-refractivity contribution in [2.24, 2.45) is 5.92 Å². The zero-order valence-corrected chi connectivity index (χ0v) is 8.44. The third kappa shape index (κ3) is 4.33. The quantitative estimate of drug-likeness (QED) is 0.875. The van der Waals surface area contributed by atoms with Crippen molar-refractivity contribution in [3.63, 3.8) is 0 Å². The molecule has 1 aromatic rings. The molecular weight excluding hydrogens is 229 g/mol. The predicted molar refractivity (Wildman–Crippen MR) is 49.8 cm³/mol. The minimum absolute atomic E-state index is 0.0630. The van der Waals surface area contributed by atoms with Gasteiger partial charge in [-0.05, 0) is 17.9 Å². The molecule has 1 unspecified atom stereocenters. The highest BCUT2D eigenvalue weighted by Crippen LogP contribution is 2.28. The van der Waals surface area contributed by atoms with Crippen LogP contribution in [0, 0.1) is 5.92 Å². The Balaban J connectivity index is 2.63. The number of halogens is 3. The van der Waals surface area contributed by atoms with Gasteiger partial charge in [-0.25, -0.2) is 0 Å². The highest BCUT2D eigenvalue weighted by atomic mass is 32.1. The normalized spacial score (nSPS) is 13.8. The number of aliphatic carboxylic acids is 1. The van der Waals surface area contributed by atoms with E-state index in [-0.39, 0.29) is 6.42 Å². The minimum atomic E-state index is -4.43. The first-order valence-corrected chi connectivity index (χ1v) is 5.08. The summed E-state index contributed by atoms with van der Waals surface area (Å²) >= 11 is 1.26. The third-order valence-electron chi connectivity index (χ3n) is 1.85. The maximum absolute atomic E-state index is 12.0. The number of carboxylic acid groups (broad SMARTS) is 1. The Kier molecular flexibility index (Phi) is 3.73. The second kappa shape index (κ2) is 4.65. The van der Waals surface area contributed by atoms with Gasteiger partial charge in [-0.3, -0.25) is 4.79 Å². The maximum Gasteiger partial charge on any atom is 0.389 e. The van der Waals surface area contributed by atoms with Gasteiger partial charge in [0.05, 0.1) is 12.3 Å². The van der Waals surface area contributed by atoms with Crippen LogP contribution in [-0.4, -0.2) is 17.3 Å². The smallest absolute Gasteiger partial charge is 0.389 e. The highest BCUT2D eigenvalue weighted by Gasteiger charge is 2.35. The molecule has 0 fully saturated rings. The van der Waals surface area contributed by atoms with E-state index in [0.717, 1.165) is 0 Å². The van der Waals surface area contributed by atoms with E-state index in [1.165, 1.54) is 11.3 Å². The second-order valence-corrected chi connectivity index (χ2v) is 4.17. The minimum Gasteiger partial charge on any atom is -0.481 e. The topological polar surface area (TPSA) is 37.3 Å². The van der Waals surface area contributed by atoms with Crippen LogP contribution in [0.5, 0.6) is 0 Å². The molecule has 6 heteroatoms. The molecule has 0 aromatic carbocycles. The van der Waals surface area contributed by atoms with Gasteiger partial charge in [-0.15, -0.1) is 11.3 Å². The summed E-state index contributed by atoms with van der Waals surface area (Å²) in [4.78, 5) is 11.3. The van der Waals surface area contributed by atoms with Gasteiger partial charge in [0, 0.05) is 4.88 Å². The Labute approximate surface area is 88.3 Å². The lowest BCUT2D eigenvalue weighted by Gasteiger charge is -2.13. The van der Waals surface area contributed by atoms with Gasteiger partial charge < -0.3 is 5.11 Å². The Bertz CT molecular complexity index is 319. The van der Waals surface area contributed by atoms with E-state index in [1.807, 2.05) is 0 Å². The van der Waals surface area contributed by atoms with Crippen LogP contribution < -0.4 is 0 Å². The van der Waals surface area contributed by atoms with Crippen molar-refractivity contribution >= 4 is 17.3 Å². The molecule has 15 heavy (non-hydrogen) atoms. The van der Waals surface area contributed by atoms with Crippen molar-refractivity contribution in [3.05, 3.63) is 22.4 Å². The van der Waals surface area contributed by atoms with Crippen LogP contribution in [0.15, 0.2) is 17.5 Å². The standard InChI is InChI=1S/C9H9F3O2S/c10-9(11,12)5-6(8(13)14)4-7-2-1-3-15-7/h1-3,6H,4-5H2,(H,13,14). The van der Waals surface area contributed by atoms with Crippen LogP contribution in [0.4, 0.5) is 13.2 Å². The lowest BCUT2D eigenvalue weighted by molar-refractivity contribution is -0.163. The fourth-order valence-corrected chi connectivity index (χ4v) is 1.98. The van der Waals surface area contributed by atoms with Gasteiger partial charge >= 0.3 is 12.1 Å². The number of alkyl halides is 3. The van der Waals surface area contributed by atoms with Crippen molar-refractivity contribution < 1.29 is 23.1 Å². The van der Waals surface area contributed by atoms with Crippen LogP contribution in [0.25, 0.3) is 0 Å². The summed E-state index contributed by atoms with van der Waals surface area (Å²) < 4.78 is 36.1. The Morgan fingerprint density at radius 3 is 2.60 bits per heavy atom. The SMILES string of the molecule is O=C(O)C(Cc1cccs1)CC(F)(F)F. The summed E-state index contributed by atoms with van der Waals surface area (Å²) in [5, 5.41) is 10.4. The molecule has 0 aliphatic heterocycles. The number of carbonyl (C=O) groups is 1. The first-order chi connectivity index (χ1) is 6.88. The summed E-state index contributed by atoms with van der Waals surface area (Å²) in [6, 6.07) is 3.32. The van der Waals surface area contributed by atoms with Crippen LogP contribution in [0.2, 0.25) is 0 Å². The van der Waals surface area contributed by atoms with Gasteiger partial charge in [0.25, 0.3) is 0 Å². The van der Waals surface area contributed by atoms with Gasteiger partial charge in [0.1, 0.15) is 0 Å². The Hall–Kier alpha value is -1.04. The Morgan fingerprint density at radius 2 is 2.20 bits per heavy atom. The number of hydrogen-bond acceptors (Lipinski definition) is 2. The third-order valence-corrected chi connectivity index (χ3v) is 2.75. The molecule has 0 saturated carbocycles. The molecule has 1 heterocycles. The first kappa shape index (κ1) is 12.0. The summed E-state index contributed by atoms with van der Waals surface area (Å²) in [5.41, 5.74) is 0. The van der Waals surface area contributed by atoms with Crippen molar-refractivity contribution in [3.8, 4) is 0 Å². The molecule has 1 rings (SSSR count). The molecule has 0 spiro atoms. The van der Waals surface area contributed by atoms with E-state index in [2.05, 4.69) is 0 Å². The molecule has 0 aliphatic carbocycles. The molecule has 0 aliphatic rings. The van der Waals surface area contributed by atoms with E-state index in [9.17, 15) is 18.0 Å². The summed E-state index contributed by atoms with van der Waals surface area (Å²) in [5.74, 6) is -2.79. The monoisotopic (exact) mass is 238 g/mol. The number of carboxylic acids is 1. The Morgan fingerprint density at radius 1 is 1.53 bits per heavy atom. The van der Waals surface area contributed by atoms with Crippen molar-refractivity contribution in [2.45, 2.75) is 19.0 Å². The lowest BCUT2D eigenvalue weighted by atomic mass is 10.0. The molecule has 0 radical (unpaired) electrons. The molecule has 0 saturated heterocycles. The maximum atomic E-state index is 12.0. The number of thiophene rings is 1. The van der Waals surface area contributed by atoms with E-state index in [1.54, 1.807) is 17.5 Å². The van der Waals surface area contributed by atoms with Crippen molar-refractivity contribution in [1.29, 1.82) is 0 Å². The zero-order chi connectivity index (χ0) is 11.5. The molecule has 0 bridgehead atoms. The predicted octanol–water partition coefficient (Wildman–Crippen LogP) is 2.94. The number of hydrogen-bond donors (Lipinski definition) is 1. The van der Waals surface area contributed by atoms with E-state index in [4.69, 9.17) is 5.11 Å². The molecule has 1 aromatic heterocycles. The number of rotatable bonds is 4. The summed E-state index contributed by atoms with van der Waals surface area (Å²) in [6.45, 7) is 0. The van der Waals surface area contributed by atoms with Crippen LogP contribution in [-0.2, 0) is 11.2 Å². The molecule has 1 N–H and O–H groups in total. The first-order valence-electron chi connectivity index (χ1n) is 4.20. The fraction of sp³-hybridized carbons (Fsp3) is 0.444. The lowest BCUT2D eigenvalue weighted by Crippen LogP contribution is -2.23. The fourth-order valence-electron chi connectivity index (χ4n) is 1.20. The van der Waals surface area contributed by atoms with Crippen LogP contribution in [0.3, 0.4) is 0 Å². The van der Waals surface area contributed by atoms with Crippen molar-refractivity contribution in [1.82, 2.24) is 0 Å². The average molecular weight is 238 g/mol.